The van der Waals surface area contributed by atoms with Gasteiger partial charge in [0, 0.05) is 11.3 Å². The van der Waals surface area contributed by atoms with E-state index in [-0.39, 0.29) is 0 Å². The Labute approximate surface area is 123 Å². The fourth-order valence-electron chi connectivity index (χ4n) is 3.12. The van der Waals surface area contributed by atoms with Gasteiger partial charge in [-0.2, -0.15) is 0 Å². The molecule has 2 aromatic heterocycles. The molecule has 0 atom stereocenters. The molecule has 2 nitrogen and oxygen atoms in total. The van der Waals surface area contributed by atoms with E-state index in [1.54, 1.807) is 0 Å². The minimum absolute atomic E-state index is 1.03. The number of hydrogen-bond acceptors (Lipinski definition) is 1. The number of nitrogens with zero attached hydrogens (tertiary/aromatic N) is 2. The van der Waals surface area contributed by atoms with Gasteiger partial charge in [0.15, 0.2) is 0 Å². The van der Waals surface area contributed by atoms with Gasteiger partial charge in [-0.3, -0.25) is 0 Å². The Morgan fingerprint density at radius 3 is 2.38 bits per heavy atom. The van der Waals surface area contributed by atoms with Crippen molar-refractivity contribution in [2.75, 3.05) is 0 Å². The van der Waals surface area contributed by atoms with Crippen LogP contribution in [0, 0.1) is 13.8 Å². The van der Waals surface area contributed by atoms with Gasteiger partial charge >= 0.3 is 0 Å². The molecule has 4 aromatic rings. The van der Waals surface area contributed by atoms with Crippen molar-refractivity contribution in [3.63, 3.8) is 0 Å². The van der Waals surface area contributed by atoms with Crippen LogP contribution in [-0.4, -0.2) is 9.38 Å². The Bertz CT molecular complexity index is 950. The highest BCUT2D eigenvalue weighted by Gasteiger charge is 2.14. The lowest BCUT2D eigenvalue weighted by atomic mass is 10.1. The maximum atomic E-state index is 4.93. The van der Waals surface area contributed by atoms with E-state index in [0.29, 0.717) is 0 Å². The standard InChI is InChI=1S/C19H16N2/c1-13-12-14(2)21-17-11-7-6-10-16(17)20-18(19(13)21)15-8-4-3-5-9-15/h3-12H,1-2H3. The van der Waals surface area contributed by atoms with E-state index < -0.39 is 0 Å². The van der Waals surface area contributed by atoms with Crippen LogP contribution in [0.15, 0.2) is 60.7 Å². The SMILES string of the molecule is Cc1cc(C)n2c1c(-c1ccccc1)nc1ccccc12. The summed E-state index contributed by atoms with van der Waals surface area (Å²) in [5.74, 6) is 0. The predicted molar refractivity (Wildman–Crippen MR) is 87.6 cm³/mol. The van der Waals surface area contributed by atoms with Crippen LogP contribution >= 0.6 is 0 Å². The van der Waals surface area contributed by atoms with Gasteiger partial charge in [-0.15, -0.1) is 0 Å². The zero-order chi connectivity index (χ0) is 14.4. The third-order valence-corrected chi connectivity index (χ3v) is 4.00. The molecule has 4 rings (SSSR count). The number of hydrogen-bond donors (Lipinski definition) is 0. The molecule has 0 saturated heterocycles. The second kappa shape index (κ2) is 4.45. The summed E-state index contributed by atoms with van der Waals surface area (Å²) >= 11 is 0. The Kier molecular flexibility index (Phi) is 2.58. The molecule has 2 heterocycles. The minimum atomic E-state index is 1.03. The van der Waals surface area contributed by atoms with Gasteiger partial charge in [-0.25, -0.2) is 4.98 Å². The summed E-state index contributed by atoms with van der Waals surface area (Å²) in [6.07, 6.45) is 0. The molecule has 0 fully saturated rings. The van der Waals surface area contributed by atoms with Crippen LogP contribution < -0.4 is 0 Å². The van der Waals surface area contributed by atoms with Crippen LogP contribution in [0.4, 0.5) is 0 Å². The summed E-state index contributed by atoms with van der Waals surface area (Å²) in [7, 11) is 0. The third kappa shape index (κ3) is 1.76. The monoisotopic (exact) mass is 272 g/mol. The van der Waals surface area contributed by atoms with Crippen molar-refractivity contribution in [2.45, 2.75) is 13.8 Å². The highest BCUT2D eigenvalue weighted by atomic mass is 15.0. The molecule has 0 saturated carbocycles. The fraction of sp³-hybridized carbons (Fsp3) is 0.105. The molecule has 21 heavy (non-hydrogen) atoms. The lowest BCUT2D eigenvalue weighted by Crippen LogP contribution is -1.97. The van der Waals surface area contributed by atoms with Crippen LogP contribution in [-0.2, 0) is 0 Å². The Morgan fingerprint density at radius 2 is 1.57 bits per heavy atom. The molecule has 0 aliphatic carbocycles. The molecular weight excluding hydrogens is 256 g/mol. The normalized spacial score (nSPS) is 11.3. The topological polar surface area (TPSA) is 17.3 Å². The quantitative estimate of drug-likeness (QED) is 0.488. The third-order valence-electron chi connectivity index (χ3n) is 4.00. The van der Waals surface area contributed by atoms with Crippen LogP contribution in [0.25, 0.3) is 27.8 Å². The summed E-state index contributed by atoms with van der Waals surface area (Å²) in [5, 5.41) is 0. The lowest BCUT2D eigenvalue weighted by molar-refractivity contribution is 1.15. The van der Waals surface area contributed by atoms with Crippen molar-refractivity contribution in [1.82, 2.24) is 9.38 Å². The van der Waals surface area contributed by atoms with E-state index in [0.717, 1.165) is 22.3 Å². The second-order valence-corrected chi connectivity index (χ2v) is 5.47. The maximum absolute atomic E-state index is 4.93. The Balaban J connectivity index is 2.24. The molecule has 0 radical (unpaired) electrons. The summed E-state index contributed by atoms with van der Waals surface area (Å²) in [6, 6.07) is 21.0. The number of fused-ring (bicyclic) bond motifs is 3. The first-order chi connectivity index (χ1) is 10.3. The summed E-state index contributed by atoms with van der Waals surface area (Å²) in [4.78, 5) is 4.93. The average Bonchev–Trinajstić information content (AvgIpc) is 2.83. The first-order valence-electron chi connectivity index (χ1n) is 7.18. The zero-order valence-corrected chi connectivity index (χ0v) is 12.2. The van der Waals surface area contributed by atoms with Gasteiger partial charge in [-0.05, 0) is 37.6 Å². The van der Waals surface area contributed by atoms with Crippen LogP contribution in [0.5, 0.6) is 0 Å². The highest BCUT2D eigenvalue weighted by molar-refractivity contribution is 5.89. The number of para-hydroxylation sites is 2. The van der Waals surface area contributed by atoms with E-state index in [2.05, 4.69) is 66.8 Å². The Morgan fingerprint density at radius 1 is 0.857 bits per heavy atom. The van der Waals surface area contributed by atoms with E-state index >= 15 is 0 Å². The molecule has 2 heteroatoms. The van der Waals surface area contributed by atoms with Gasteiger partial charge < -0.3 is 4.40 Å². The van der Waals surface area contributed by atoms with Crippen molar-refractivity contribution in [3.8, 4) is 11.3 Å². The first-order valence-corrected chi connectivity index (χ1v) is 7.18. The molecule has 0 unspecified atom stereocenters. The molecule has 0 bridgehead atoms. The molecule has 2 aromatic carbocycles. The number of benzene rings is 2. The minimum Gasteiger partial charge on any atom is -0.310 e. The van der Waals surface area contributed by atoms with Crippen molar-refractivity contribution >= 4 is 16.6 Å². The number of aryl methyl sites for hydroxylation is 2. The summed E-state index contributed by atoms with van der Waals surface area (Å²) in [6.45, 7) is 4.31. The fourth-order valence-corrected chi connectivity index (χ4v) is 3.12. The molecule has 0 spiro atoms. The van der Waals surface area contributed by atoms with E-state index in [9.17, 15) is 0 Å². The predicted octanol–water partition coefficient (Wildman–Crippen LogP) is 4.77. The van der Waals surface area contributed by atoms with E-state index in [1.807, 2.05) is 12.1 Å². The summed E-state index contributed by atoms with van der Waals surface area (Å²) in [5.41, 5.74) is 8.13. The molecular formula is C19H16N2. The Hall–Kier alpha value is -2.61. The molecule has 0 amide bonds. The summed E-state index contributed by atoms with van der Waals surface area (Å²) < 4.78 is 2.32. The molecule has 0 N–H and O–H groups in total. The van der Waals surface area contributed by atoms with Crippen molar-refractivity contribution in [2.24, 2.45) is 0 Å². The van der Waals surface area contributed by atoms with Gasteiger partial charge in [0.1, 0.15) is 0 Å². The van der Waals surface area contributed by atoms with Gasteiger partial charge in [0.05, 0.1) is 22.2 Å². The van der Waals surface area contributed by atoms with E-state index in [1.165, 1.54) is 16.8 Å². The van der Waals surface area contributed by atoms with Crippen LogP contribution in [0.1, 0.15) is 11.3 Å². The largest absolute Gasteiger partial charge is 0.310 e. The number of rotatable bonds is 1. The average molecular weight is 272 g/mol. The lowest BCUT2D eigenvalue weighted by Gasteiger charge is -2.10. The van der Waals surface area contributed by atoms with Crippen molar-refractivity contribution in [3.05, 3.63) is 71.9 Å². The second-order valence-electron chi connectivity index (χ2n) is 5.47. The zero-order valence-electron chi connectivity index (χ0n) is 12.2. The van der Waals surface area contributed by atoms with Gasteiger partial charge in [0.25, 0.3) is 0 Å². The van der Waals surface area contributed by atoms with Gasteiger partial charge in [-0.1, -0.05) is 42.5 Å². The number of aromatic nitrogens is 2. The van der Waals surface area contributed by atoms with E-state index in [4.69, 9.17) is 4.98 Å². The highest BCUT2D eigenvalue weighted by Crippen LogP contribution is 2.30. The van der Waals surface area contributed by atoms with Crippen LogP contribution in [0.3, 0.4) is 0 Å². The van der Waals surface area contributed by atoms with Crippen LogP contribution in [0.2, 0.25) is 0 Å². The van der Waals surface area contributed by atoms with Crippen molar-refractivity contribution < 1.29 is 0 Å². The van der Waals surface area contributed by atoms with Gasteiger partial charge in [0.2, 0.25) is 0 Å². The maximum Gasteiger partial charge on any atom is 0.0953 e. The smallest absolute Gasteiger partial charge is 0.0953 e. The molecule has 0 aliphatic rings. The molecule has 102 valence electrons. The van der Waals surface area contributed by atoms with Crippen molar-refractivity contribution in [1.29, 1.82) is 0 Å². The molecule has 0 aliphatic heterocycles. The first kappa shape index (κ1) is 12.2.